The predicted octanol–water partition coefficient (Wildman–Crippen LogP) is 22.8. The first-order valence-corrected chi connectivity index (χ1v) is 31.6. The van der Waals surface area contributed by atoms with Gasteiger partial charge in [-0.15, -0.1) is 0 Å². The van der Waals surface area contributed by atoms with Crippen LogP contribution in [0.15, 0.2) is 328 Å². The fourth-order valence-electron chi connectivity index (χ4n) is 14.0. The Hall–Kier alpha value is -11.9. The van der Waals surface area contributed by atoms with Crippen molar-refractivity contribution >= 4 is 105 Å². The second kappa shape index (κ2) is 21.5. The molecule has 0 fully saturated rings. The SMILES string of the molecule is c1ccc(-c2ccc(-n3c4ccccc4c4cc(-c5ccc(N(c6ccc(-c7ccc8c(c7)c7ccccc7n8-c7ccc(-c8ccccc8)cc7)cc6)c6ccc(-c7ccc(-n8c9ccccc9c9ccccc98)cc7)c7nsnc67)cc5)ccc43)cc2)cc1. The van der Waals surface area contributed by atoms with E-state index in [0.717, 1.165) is 78.5 Å². The van der Waals surface area contributed by atoms with E-state index < -0.39 is 0 Å². The third-order valence-electron chi connectivity index (χ3n) is 18.4. The van der Waals surface area contributed by atoms with Crippen molar-refractivity contribution in [1.29, 1.82) is 0 Å². The second-order valence-corrected chi connectivity index (χ2v) is 24.0. The highest BCUT2D eigenvalue weighted by Gasteiger charge is 2.23. The number of benzene rings is 14. The van der Waals surface area contributed by atoms with Crippen LogP contribution in [0, 0.1) is 0 Å². The molecule has 0 saturated heterocycles. The van der Waals surface area contributed by atoms with Crippen LogP contribution in [0.3, 0.4) is 0 Å². The van der Waals surface area contributed by atoms with E-state index in [1.807, 2.05) is 0 Å². The Morgan fingerprint density at radius 1 is 0.231 bits per heavy atom. The van der Waals surface area contributed by atoms with Gasteiger partial charge in [0.05, 0.1) is 50.5 Å². The molecule has 4 aromatic heterocycles. The van der Waals surface area contributed by atoms with E-state index in [9.17, 15) is 0 Å². The van der Waals surface area contributed by atoms with Gasteiger partial charge in [0.15, 0.2) is 0 Å². The van der Waals surface area contributed by atoms with Crippen LogP contribution in [0.25, 0.3) is 149 Å². The lowest BCUT2D eigenvalue weighted by atomic mass is 10.00. The first-order valence-electron chi connectivity index (χ1n) is 30.9. The van der Waals surface area contributed by atoms with E-state index in [1.54, 1.807) is 0 Å². The summed E-state index contributed by atoms with van der Waals surface area (Å²) in [6.45, 7) is 0. The van der Waals surface area contributed by atoms with Crippen LogP contribution < -0.4 is 4.90 Å². The Morgan fingerprint density at radius 3 is 0.956 bits per heavy atom. The van der Waals surface area contributed by atoms with Gasteiger partial charge < -0.3 is 18.6 Å². The van der Waals surface area contributed by atoms with Crippen molar-refractivity contribution in [3.63, 3.8) is 0 Å². The van der Waals surface area contributed by atoms with Crippen molar-refractivity contribution in [1.82, 2.24) is 22.4 Å². The van der Waals surface area contributed by atoms with Gasteiger partial charge in [-0.25, -0.2) is 0 Å². The van der Waals surface area contributed by atoms with Crippen molar-refractivity contribution in [2.75, 3.05) is 4.90 Å². The largest absolute Gasteiger partial charge is 0.309 e. The van der Waals surface area contributed by atoms with Gasteiger partial charge in [0, 0.05) is 66.3 Å². The number of fused-ring (bicyclic) bond motifs is 10. The molecule has 91 heavy (non-hydrogen) atoms. The standard InChI is InChI=1S/C84H54N6S/c1-3-15-55(16-4-1)57-27-43-66(44-28-57)89-78-25-13-9-21-72(78)74-53-62(37-50-80(74)89)59-31-39-64(40-32-59)87(82-52-49-69(83-84(82)86-91-85-83)61-35-47-68(48-36-61)88-76-23-11-7-19-70(76)71-20-8-12-24-77(71)88)65-41-33-60(34-42-65)63-38-51-81-75(54-63)73-22-10-14-26-79(73)90(81)67-45-29-58(30-46-67)56-17-5-2-6-18-56/h1-54H. The lowest BCUT2D eigenvalue weighted by Gasteiger charge is -2.26. The van der Waals surface area contributed by atoms with Gasteiger partial charge in [-0.3, -0.25) is 0 Å². The molecule has 0 aliphatic rings. The molecule has 6 nitrogen and oxygen atoms in total. The summed E-state index contributed by atoms with van der Waals surface area (Å²) in [5, 5.41) is 7.35. The summed E-state index contributed by atoms with van der Waals surface area (Å²) >= 11 is 1.26. The highest BCUT2D eigenvalue weighted by molar-refractivity contribution is 7.00. The molecule has 0 amide bonds. The zero-order valence-corrected chi connectivity index (χ0v) is 50.1. The maximum absolute atomic E-state index is 5.11. The zero-order valence-electron chi connectivity index (χ0n) is 49.3. The van der Waals surface area contributed by atoms with Crippen LogP contribution in [-0.4, -0.2) is 22.4 Å². The summed E-state index contributed by atoms with van der Waals surface area (Å²) < 4.78 is 17.3. The van der Waals surface area contributed by atoms with Gasteiger partial charge in [0.25, 0.3) is 0 Å². The fraction of sp³-hybridized carbons (Fsp3) is 0. The van der Waals surface area contributed by atoms with Gasteiger partial charge in [0.2, 0.25) is 0 Å². The third-order valence-corrected chi connectivity index (χ3v) is 18.9. The molecule has 0 spiro atoms. The van der Waals surface area contributed by atoms with E-state index in [0.29, 0.717) is 0 Å². The highest BCUT2D eigenvalue weighted by Crippen LogP contribution is 2.45. The monoisotopic (exact) mass is 1180 g/mol. The quantitative estimate of drug-likeness (QED) is 0.130. The van der Waals surface area contributed by atoms with E-state index >= 15 is 0 Å². The summed E-state index contributed by atoms with van der Waals surface area (Å²) in [5.74, 6) is 0. The van der Waals surface area contributed by atoms with Gasteiger partial charge in [-0.2, -0.15) is 8.75 Å². The van der Waals surface area contributed by atoms with E-state index in [4.69, 9.17) is 8.75 Å². The Labute approximate surface area is 529 Å². The maximum atomic E-state index is 5.11. The van der Waals surface area contributed by atoms with Gasteiger partial charge in [-0.05, 0) is 171 Å². The Bertz CT molecular complexity index is 5490. The maximum Gasteiger partial charge on any atom is 0.129 e. The first-order chi connectivity index (χ1) is 45.1. The molecule has 4 heterocycles. The number of para-hydroxylation sites is 4. The number of rotatable bonds is 11. The van der Waals surface area contributed by atoms with Crippen LogP contribution >= 0.6 is 11.7 Å². The number of nitrogens with zero attached hydrogens (tertiary/aromatic N) is 6. The molecular weight excluding hydrogens is 1130 g/mol. The summed E-state index contributed by atoms with van der Waals surface area (Å²) in [6, 6.07) is 119. The average molecular weight is 1180 g/mol. The minimum Gasteiger partial charge on any atom is -0.309 e. The Kier molecular flexibility index (Phi) is 12.3. The predicted molar refractivity (Wildman–Crippen MR) is 382 cm³/mol. The topological polar surface area (TPSA) is 43.8 Å². The molecule has 0 atom stereocenters. The minimum atomic E-state index is 0.843. The van der Waals surface area contributed by atoms with Crippen molar-refractivity contribution < 1.29 is 0 Å². The zero-order chi connectivity index (χ0) is 59.9. The molecule has 0 radical (unpaired) electrons. The molecule has 0 N–H and O–H groups in total. The van der Waals surface area contributed by atoms with E-state index in [-0.39, 0.29) is 0 Å². The van der Waals surface area contributed by atoms with Crippen molar-refractivity contribution in [2.24, 2.45) is 0 Å². The lowest BCUT2D eigenvalue weighted by molar-refractivity contribution is 1.18. The molecule has 7 heteroatoms. The summed E-state index contributed by atoms with van der Waals surface area (Å²) in [4.78, 5) is 2.34. The number of hydrogen-bond acceptors (Lipinski definition) is 4. The fourth-order valence-corrected chi connectivity index (χ4v) is 14.6. The van der Waals surface area contributed by atoms with Crippen LogP contribution in [0.5, 0.6) is 0 Å². The Balaban J connectivity index is 0.718. The van der Waals surface area contributed by atoms with Crippen molar-refractivity contribution in [3.05, 3.63) is 328 Å². The number of hydrogen-bond donors (Lipinski definition) is 0. The molecule has 0 saturated carbocycles. The van der Waals surface area contributed by atoms with Crippen LogP contribution in [0.2, 0.25) is 0 Å². The van der Waals surface area contributed by atoms with Crippen LogP contribution in [0.4, 0.5) is 17.1 Å². The minimum absolute atomic E-state index is 0.843. The van der Waals surface area contributed by atoms with Crippen molar-refractivity contribution in [3.8, 4) is 72.7 Å². The second-order valence-electron chi connectivity index (χ2n) is 23.4. The molecule has 18 rings (SSSR count). The molecule has 18 aromatic rings. The van der Waals surface area contributed by atoms with E-state index in [1.165, 1.54) is 99.4 Å². The highest BCUT2D eigenvalue weighted by atomic mass is 32.1. The number of anilines is 3. The molecule has 0 unspecified atom stereocenters. The summed E-state index contributed by atoms with van der Waals surface area (Å²) in [7, 11) is 0. The smallest absolute Gasteiger partial charge is 0.129 e. The van der Waals surface area contributed by atoms with Crippen molar-refractivity contribution in [2.45, 2.75) is 0 Å². The first kappa shape index (κ1) is 52.2. The molecule has 0 bridgehead atoms. The lowest BCUT2D eigenvalue weighted by Crippen LogP contribution is -2.10. The molecule has 14 aromatic carbocycles. The Morgan fingerprint density at radius 2 is 0.538 bits per heavy atom. The molecule has 426 valence electrons. The number of aromatic nitrogens is 5. The summed E-state index contributed by atoms with van der Waals surface area (Å²) in [6.07, 6.45) is 0. The van der Waals surface area contributed by atoms with Gasteiger partial charge in [0.1, 0.15) is 11.0 Å². The third kappa shape index (κ3) is 8.77. The van der Waals surface area contributed by atoms with E-state index in [2.05, 4.69) is 346 Å². The van der Waals surface area contributed by atoms with Gasteiger partial charge >= 0.3 is 0 Å². The average Bonchev–Trinajstić information content (AvgIpc) is 1.66. The molecule has 0 aliphatic heterocycles. The molecule has 0 aliphatic carbocycles. The summed E-state index contributed by atoms with van der Waals surface area (Å²) in [5.41, 5.74) is 26.6. The van der Waals surface area contributed by atoms with Crippen LogP contribution in [-0.2, 0) is 0 Å². The van der Waals surface area contributed by atoms with Crippen LogP contribution in [0.1, 0.15) is 0 Å². The normalized spacial score (nSPS) is 11.7. The van der Waals surface area contributed by atoms with Gasteiger partial charge in [-0.1, -0.05) is 206 Å². The molecular formula is C84H54N6S.